The Morgan fingerprint density at radius 1 is 1.29 bits per heavy atom. The SMILES string of the molecule is O=C(/C=C/c1ccc(N2CCCC2=O)cc1)NCc1coc(-c2cccs2)n1. The summed E-state index contributed by atoms with van der Waals surface area (Å²) in [5, 5.41) is 4.75. The quantitative estimate of drug-likeness (QED) is 0.645. The van der Waals surface area contributed by atoms with Crippen LogP contribution in [0.25, 0.3) is 16.8 Å². The second-order valence-electron chi connectivity index (χ2n) is 6.41. The van der Waals surface area contributed by atoms with Gasteiger partial charge < -0.3 is 14.6 Å². The van der Waals surface area contributed by atoms with E-state index < -0.39 is 0 Å². The average molecular weight is 393 g/mol. The van der Waals surface area contributed by atoms with Gasteiger partial charge in [0.05, 0.1) is 17.1 Å². The minimum absolute atomic E-state index is 0.165. The molecule has 2 amide bonds. The van der Waals surface area contributed by atoms with Crippen LogP contribution >= 0.6 is 11.3 Å². The van der Waals surface area contributed by atoms with Crippen molar-refractivity contribution < 1.29 is 14.0 Å². The molecule has 0 radical (unpaired) electrons. The van der Waals surface area contributed by atoms with E-state index in [1.165, 1.54) is 6.08 Å². The Morgan fingerprint density at radius 2 is 2.14 bits per heavy atom. The Labute approximate surface area is 166 Å². The topological polar surface area (TPSA) is 75.4 Å². The van der Waals surface area contributed by atoms with Crippen molar-refractivity contribution in [2.24, 2.45) is 0 Å². The van der Waals surface area contributed by atoms with Gasteiger partial charge in [0, 0.05) is 24.7 Å². The summed E-state index contributed by atoms with van der Waals surface area (Å²) in [4.78, 5) is 30.9. The zero-order valence-corrected chi connectivity index (χ0v) is 15.9. The zero-order valence-electron chi connectivity index (χ0n) is 15.1. The first-order chi connectivity index (χ1) is 13.7. The summed E-state index contributed by atoms with van der Waals surface area (Å²) in [7, 11) is 0. The Kier molecular flexibility index (Phi) is 5.34. The van der Waals surface area contributed by atoms with E-state index in [1.54, 1.807) is 28.6 Å². The number of carbonyl (C=O) groups excluding carboxylic acids is 2. The number of anilines is 1. The van der Waals surface area contributed by atoms with Crippen LogP contribution in [-0.4, -0.2) is 23.3 Å². The Morgan fingerprint density at radius 3 is 2.86 bits per heavy atom. The second kappa shape index (κ2) is 8.22. The third-order valence-electron chi connectivity index (χ3n) is 4.43. The van der Waals surface area contributed by atoms with E-state index in [-0.39, 0.29) is 11.8 Å². The maximum absolute atomic E-state index is 12.0. The third-order valence-corrected chi connectivity index (χ3v) is 5.29. The van der Waals surface area contributed by atoms with Crippen molar-refractivity contribution in [3.63, 3.8) is 0 Å². The largest absolute Gasteiger partial charge is 0.443 e. The van der Waals surface area contributed by atoms with E-state index in [0.717, 1.165) is 29.1 Å². The van der Waals surface area contributed by atoms with Gasteiger partial charge in [-0.15, -0.1) is 11.3 Å². The molecule has 0 spiro atoms. The molecule has 2 aromatic heterocycles. The number of rotatable bonds is 6. The molecule has 0 atom stereocenters. The molecule has 7 heteroatoms. The van der Waals surface area contributed by atoms with Gasteiger partial charge in [-0.2, -0.15) is 0 Å². The highest BCUT2D eigenvalue weighted by atomic mass is 32.1. The molecule has 1 saturated heterocycles. The summed E-state index contributed by atoms with van der Waals surface area (Å²) in [6.45, 7) is 1.07. The van der Waals surface area contributed by atoms with Crippen LogP contribution in [0.15, 0.2) is 58.5 Å². The fourth-order valence-electron chi connectivity index (χ4n) is 3.00. The van der Waals surface area contributed by atoms with Gasteiger partial charge in [-0.05, 0) is 41.6 Å². The maximum atomic E-state index is 12.0. The first-order valence-electron chi connectivity index (χ1n) is 9.04. The molecule has 1 aliphatic rings. The predicted octanol–water partition coefficient (Wildman–Crippen LogP) is 3.86. The summed E-state index contributed by atoms with van der Waals surface area (Å²) in [5.41, 5.74) is 2.47. The number of oxazole rings is 1. The van der Waals surface area contributed by atoms with E-state index in [9.17, 15) is 9.59 Å². The van der Waals surface area contributed by atoms with Gasteiger partial charge in [0.15, 0.2) is 0 Å². The van der Waals surface area contributed by atoms with Crippen molar-refractivity contribution in [2.45, 2.75) is 19.4 Å². The van der Waals surface area contributed by atoms with Gasteiger partial charge in [0.25, 0.3) is 0 Å². The Bertz CT molecular complexity index is 990. The number of carbonyl (C=O) groups is 2. The standard InChI is InChI=1S/C21H19N3O3S/c25-19(22-13-16-14-27-21(23-16)18-3-2-12-28-18)10-7-15-5-8-17(9-6-15)24-11-1-4-20(24)26/h2-3,5-10,12,14H,1,4,11,13H2,(H,22,25)/b10-7+. The van der Waals surface area contributed by atoms with Crippen molar-refractivity contribution in [2.75, 3.05) is 11.4 Å². The zero-order chi connectivity index (χ0) is 19.3. The number of hydrogen-bond acceptors (Lipinski definition) is 5. The van der Waals surface area contributed by atoms with Crippen LogP contribution in [-0.2, 0) is 16.1 Å². The van der Waals surface area contributed by atoms with E-state index in [0.29, 0.717) is 24.6 Å². The molecule has 28 heavy (non-hydrogen) atoms. The number of benzene rings is 1. The van der Waals surface area contributed by atoms with Crippen LogP contribution in [0.1, 0.15) is 24.1 Å². The van der Waals surface area contributed by atoms with E-state index >= 15 is 0 Å². The first-order valence-corrected chi connectivity index (χ1v) is 9.91. The lowest BCUT2D eigenvalue weighted by molar-refractivity contribution is -0.117. The average Bonchev–Trinajstić information content (AvgIpc) is 3.46. The molecule has 6 nitrogen and oxygen atoms in total. The summed E-state index contributed by atoms with van der Waals surface area (Å²) in [6, 6.07) is 11.5. The normalized spacial score (nSPS) is 14.1. The molecular weight excluding hydrogens is 374 g/mol. The van der Waals surface area contributed by atoms with Gasteiger partial charge in [0.1, 0.15) is 6.26 Å². The Balaban J connectivity index is 1.30. The molecule has 0 bridgehead atoms. The van der Waals surface area contributed by atoms with Crippen molar-refractivity contribution >= 4 is 34.9 Å². The van der Waals surface area contributed by atoms with Crippen LogP contribution < -0.4 is 10.2 Å². The fraction of sp³-hybridized carbons (Fsp3) is 0.190. The van der Waals surface area contributed by atoms with Gasteiger partial charge in [-0.3, -0.25) is 9.59 Å². The highest BCUT2D eigenvalue weighted by molar-refractivity contribution is 7.13. The van der Waals surface area contributed by atoms with Crippen LogP contribution in [0.5, 0.6) is 0 Å². The summed E-state index contributed by atoms with van der Waals surface area (Å²) in [6.07, 6.45) is 6.29. The molecule has 0 saturated carbocycles. The maximum Gasteiger partial charge on any atom is 0.244 e. The lowest BCUT2D eigenvalue weighted by Crippen LogP contribution is -2.23. The lowest BCUT2D eigenvalue weighted by Gasteiger charge is -2.15. The smallest absolute Gasteiger partial charge is 0.244 e. The molecule has 1 N–H and O–H groups in total. The van der Waals surface area contributed by atoms with Gasteiger partial charge in [-0.1, -0.05) is 18.2 Å². The number of thiophene rings is 1. The lowest BCUT2D eigenvalue weighted by atomic mass is 10.2. The highest BCUT2D eigenvalue weighted by Crippen LogP contribution is 2.24. The molecule has 3 heterocycles. The number of hydrogen-bond donors (Lipinski definition) is 1. The molecule has 0 unspecified atom stereocenters. The van der Waals surface area contributed by atoms with Crippen LogP contribution in [0.4, 0.5) is 5.69 Å². The second-order valence-corrected chi connectivity index (χ2v) is 7.36. The van der Waals surface area contributed by atoms with Gasteiger partial charge in [0.2, 0.25) is 17.7 Å². The van der Waals surface area contributed by atoms with Crippen molar-refractivity contribution in [1.29, 1.82) is 0 Å². The Hall–Kier alpha value is -3.19. The van der Waals surface area contributed by atoms with Crippen LogP contribution in [0, 0.1) is 0 Å². The van der Waals surface area contributed by atoms with Crippen molar-refractivity contribution in [1.82, 2.24) is 10.3 Å². The third kappa shape index (κ3) is 4.20. The monoisotopic (exact) mass is 393 g/mol. The summed E-state index contributed by atoms with van der Waals surface area (Å²) in [5.74, 6) is 0.517. The summed E-state index contributed by atoms with van der Waals surface area (Å²) >= 11 is 1.55. The number of nitrogens with one attached hydrogen (secondary N) is 1. The van der Waals surface area contributed by atoms with E-state index in [2.05, 4.69) is 10.3 Å². The summed E-state index contributed by atoms with van der Waals surface area (Å²) < 4.78 is 5.43. The molecule has 3 aromatic rings. The molecule has 1 aliphatic heterocycles. The molecular formula is C21H19N3O3S. The van der Waals surface area contributed by atoms with Gasteiger partial charge in [-0.25, -0.2) is 4.98 Å². The molecule has 1 fully saturated rings. The molecule has 1 aromatic carbocycles. The number of aromatic nitrogens is 1. The minimum Gasteiger partial charge on any atom is -0.443 e. The van der Waals surface area contributed by atoms with E-state index in [4.69, 9.17) is 4.42 Å². The van der Waals surface area contributed by atoms with Crippen LogP contribution in [0.3, 0.4) is 0 Å². The number of nitrogens with zero attached hydrogens (tertiary/aromatic N) is 2. The molecule has 4 rings (SSSR count). The first kappa shape index (κ1) is 18.2. The van der Waals surface area contributed by atoms with Gasteiger partial charge >= 0.3 is 0 Å². The molecule has 142 valence electrons. The predicted molar refractivity (Wildman–Crippen MR) is 109 cm³/mol. The van der Waals surface area contributed by atoms with Crippen molar-refractivity contribution in [3.8, 4) is 10.8 Å². The highest BCUT2D eigenvalue weighted by Gasteiger charge is 2.21. The van der Waals surface area contributed by atoms with E-state index in [1.807, 2.05) is 41.8 Å². The minimum atomic E-state index is -0.209. The number of amides is 2. The van der Waals surface area contributed by atoms with Crippen LogP contribution in [0.2, 0.25) is 0 Å². The molecule has 0 aliphatic carbocycles. The van der Waals surface area contributed by atoms with Crippen molar-refractivity contribution in [3.05, 3.63) is 65.4 Å². The fourth-order valence-corrected chi connectivity index (χ4v) is 3.65.